The van der Waals surface area contributed by atoms with E-state index in [-0.39, 0.29) is 6.04 Å². The van der Waals surface area contributed by atoms with Gasteiger partial charge in [-0.3, -0.25) is 4.79 Å². The van der Waals surface area contributed by atoms with Crippen LogP contribution < -0.4 is 5.32 Å². The van der Waals surface area contributed by atoms with Crippen LogP contribution in [0.15, 0.2) is 0 Å². The molecule has 1 N–H and O–H groups in total. The number of rotatable bonds is 3. The molecule has 16 heavy (non-hydrogen) atoms. The second-order valence-electron chi connectivity index (χ2n) is 3.92. The maximum Gasteiger partial charge on any atom is 0.325 e. The fraction of sp³-hybridized carbons (Fsp3) is 0.889. The number of hydrogen-bond donors (Lipinski definition) is 1. The number of carbonyl (C=O) groups excluding carboxylic acids is 1. The van der Waals surface area contributed by atoms with E-state index < -0.39 is 21.2 Å². The molecule has 1 aliphatic heterocycles. The SMILES string of the molecule is COC(=O)C(C)S(=O)(=O)N1CCN[C@@H](C)C1. The lowest BCUT2D eigenvalue weighted by Gasteiger charge is -2.32. The molecule has 0 aromatic heterocycles. The predicted octanol–water partition coefficient (Wildman–Crippen LogP) is -0.829. The van der Waals surface area contributed by atoms with Crippen LogP contribution in [-0.4, -0.2) is 56.7 Å². The molecular weight excluding hydrogens is 232 g/mol. The van der Waals surface area contributed by atoms with Gasteiger partial charge in [-0.1, -0.05) is 0 Å². The molecule has 7 heteroatoms. The number of piperazine rings is 1. The molecule has 0 spiro atoms. The summed E-state index contributed by atoms with van der Waals surface area (Å²) in [4.78, 5) is 11.2. The summed E-state index contributed by atoms with van der Waals surface area (Å²) in [5.74, 6) is -0.716. The molecule has 1 heterocycles. The lowest BCUT2D eigenvalue weighted by atomic mass is 10.3. The van der Waals surface area contributed by atoms with Crippen LogP contribution in [0.25, 0.3) is 0 Å². The van der Waals surface area contributed by atoms with Gasteiger partial charge in [0.1, 0.15) is 0 Å². The highest BCUT2D eigenvalue weighted by atomic mass is 32.2. The Morgan fingerprint density at radius 1 is 1.56 bits per heavy atom. The number of nitrogens with zero attached hydrogens (tertiary/aromatic N) is 1. The van der Waals surface area contributed by atoms with Crippen LogP contribution in [0.1, 0.15) is 13.8 Å². The molecule has 0 amide bonds. The van der Waals surface area contributed by atoms with Crippen LogP contribution in [0.4, 0.5) is 0 Å². The Kier molecular flexibility index (Phi) is 4.28. The average molecular weight is 250 g/mol. The van der Waals surface area contributed by atoms with Crippen LogP contribution in [0.2, 0.25) is 0 Å². The number of methoxy groups -OCH3 is 1. The summed E-state index contributed by atoms with van der Waals surface area (Å²) in [6, 6.07) is 0.105. The summed E-state index contributed by atoms with van der Waals surface area (Å²) in [6.07, 6.45) is 0. The fourth-order valence-corrected chi connectivity index (χ4v) is 3.20. The number of carbonyl (C=O) groups is 1. The highest BCUT2D eigenvalue weighted by Gasteiger charge is 2.36. The summed E-state index contributed by atoms with van der Waals surface area (Å²) in [5.41, 5.74) is 0. The van der Waals surface area contributed by atoms with Crippen molar-refractivity contribution in [2.75, 3.05) is 26.7 Å². The van der Waals surface area contributed by atoms with Gasteiger partial charge in [-0.15, -0.1) is 0 Å². The topological polar surface area (TPSA) is 75.7 Å². The molecule has 1 aliphatic rings. The third-order valence-electron chi connectivity index (χ3n) is 2.67. The number of hydrogen-bond acceptors (Lipinski definition) is 5. The normalized spacial score (nSPS) is 25.1. The van der Waals surface area contributed by atoms with Gasteiger partial charge in [0, 0.05) is 25.7 Å². The minimum absolute atomic E-state index is 0.105. The minimum atomic E-state index is -3.59. The monoisotopic (exact) mass is 250 g/mol. The van der Waals surface area contributed by atoms with Gasteiger partial charge in [0.25, 0.3) is 0 Å². The zero-order valence-electron chi connectivity index (χ0n) is 9.76. The van der Waals surface area contributed by atoms with Gasteiger partial charge in [0.2, 0.25) is 10.0 Å². The first-order chi connectivity index (χ1) is 7.39. The molecule has 0 bridgehead atoms. The summed E-state index contributed by atoms with van der Waals surface area (Å²) in [6.45, 7) is 4.66. The smallest absolute Gasteiger partial charge is 0.325 e. The molecule has 94 valence electrons. The lowest BCUT2D eigenvalue weighted by Crippen LogP contribution is -2.54. The van der Waals surface area contributed by atoms with Gasteiger partial charge in [-0.2, -0.15) is 4.31 Å². The van der Waals surface area contributed by atoms with Crippen LogP contribution in [-0.2, 0) is 19.6 Å². The number of sulfonamides is 1. The summed E-state index contributed by atoms with van der Waals surface area (Å²) < 4.78 is 29.9. The van der Waals surface area contributed by atoms with Crippen LogP contribution in [0.5, 0.6) is 0 Å². The summed E-state index contributed by atoms with van der Waals surface area (Å²) >= 11 is 0. The molecule has 0 aliphatic carbocycles. The largest absolute Gasteiger partial charge is 0.468 e. The number of nitrogens with one attached hydrogen (secondary N) is 1. The second kappa shape index (κ2) is 5.11. The van der Waals surface area contributed by atoms with Gasteiger partial charge in [-0.05, 0) is 13.8 Å². The van der Waals surface area contributed by atoms with Gasteiger partial charge in [-0.25, -0.2) is 8.42 Å². The van der Waals surface area contributed by atoms with E-state index in [9.17, 15) is 13.2 Å². The summed E-state index contributed by atoms with van der Waals surface area (Å²) in [7, 11) is -2.40. The third-order valence-corrected chi connectivity index (χ3v) is 4.81. The van der Waals surface area contributed by atoms with Crippen molar-refractivity contribution in [2.45, 2.75) is 25.1 Å². The highest BCUT2D eigenvalue weighted by Crippen LogP contribution is 2.12. The Hall–Kier alpha value is -0.660. The zero-order chi connectivity index (χ0) is 12.3. The fourth-order valence-electron chi connectivity index (χ4n) is 1.64. The van der Waals surface area contributed by atoms with Crippen molar-refractivity contribution < 1.29 is 17.9 Å². The standard InChI is InChI=1S/C9H18N2O4S/c1-7-6-11(5-4-10-7)16(13,14)8(2)9(12)15-3/h7-8,10H,4-6H2,1-3H3/t7-,8?/m0/s1. The van der Waals surface area contributed by atoms with Crippen molar-refractivity contribution in [3.05, 3.63) is 0 Å². The van der Waals surface area contributed by atoms with E-state index in [1.807, 2.05) is 6.92 Å². The Morgan fingerprint density at radius 3 is 2.69 bits per heavy atom. The van der Waals surface area contributed by atoms with Crippen molar-refractivity contribution in [3.8, 4) is 0 Å². The quantitative estimate of drug-likeness (QED) is 0.662. The van der Waals surface area contributed by atoms with E-state index in [1.165, 1.54) is 18.3 Å². The van der Waals surface area contributed by atoms with Crippen LogP contribution in [0.3, 0.4) is 0 Å². The third kappa shape index (κ3) is 2.72. The Bertz CT molecular complexity index is 355. The first-order valence-corrected chi connectivity index (χ1v) is 6.70. The minimum Gasteiger partial charge on any atom is -0.468 e. The van der Waals surface area contributed by atoms with Gasteiger partial charge in [0.15, 0.2) is 5.25 Å². The summed E-state index contributed by atoms with van der Waals surface area (Å²) in [5, 5.41) is 2.01. The Morgan fingerprint density at radius 2 is 2.19 bits per heavy atom. The maximum absolute atomic E-state index is 12.0. The van der Waals surface area contributed by atoms with Crippen LogP contribution in [0, 0.1) is 0 Å². The molecule has 1 saturated heterocycles. The van der Waals surface area contributed by atoms with Crippen molar-refractivity contribution in [1.29, 1.82) is 0 Å². The molecule has 2 atom stereocenters. The molecule has 6 nitrogen and oxygen atoms in total. The Balaban J connectivity index is 2.80. The zero-order valence-corrected chi connectivity index (χ0v) is 10.6. The molecule has 1 fully saturated rings. The van der Waals surface area contributed by atoms with E-state index in [1.54, 1.807) is 0 Å². The van der Waals surface area contributed by atoms with E-state index in [0.29, 0.717) is 19.6 Å². The molecule has 1 unspecified atom stereocenters. The average Bonchev–Trinajstić information content (AvgIpc) is 2.27. The molecule has 0 saturated carbocycles. The number of ether oxygens (including phenoxy) is 1. The van der Waals surface area contributed by atoms with E-state index >= 15 is 0 Å². The van der Waals surface area contributed by atoms with E-state index in [2.05, 4.69) is 10.1 Å². The lowest BCUT2D eigenvalue weighted by molar-refractivity contribution is -0.139. The van der Waals surface area contributed by atoms with Gasteiger partial charge >= 0.3 is 5.97 Å². The van der Waals surface area contributed by atoms with E-state index in [4.69, 9.17) is 0 Å². The van der Waals surface area contributed by atoms with Crippen LogP contribution >= 0.6 is 0 Å². The predicted molar refractivity (Wildman–Crippen MR) is 59.4 cm³/mol. The first-order valence-electron chi connectivity index (χ1n) is 5.19. The number of esters is 1. The van der Waals surface area contributed by atoms with E-state index in [0.717, 1.165) is 0 Å². The molecule has 1 rings (SSSR count). The molecule has 0 radical (unpaired) electrons. The van der Waals surface area contributed by atoms with Crippen molar-refractivity contribution in [2.24, 2.45) is 0 Å². The first kappa shape index (κ1) is 13.4. The molecule has 0 aromatic carbocycles. The Labute approximate surface area is 96.0 Å². The van der Waals surface area contributed by atoms with Gasteiger partial charge in [0.05, 0.1) is 7.11 Å². The van der Waals surface area contributed by atoms with Crippen molar-refractivity contribution >= 4 is 16.0 Å². The molecular formula is C9H18N2O4S. The second-order valence-corrected chi connectivity index (χ2v) is 6.18. The highest BCUT2D eigenvalue weighted by molar-refractivity contribution is 7.90. The maximum atomic E-state index is 12.0. The van der Waals surface area contributed by atoms with Gasteiger partial charge < -0.3 is 10.1 Å². The molecule has 0 aromatic rings. The van der Waals surface area contributed by atoms with Crippen molar-refractivity contribution in [3.63, 3.8) is 0 Å². The van der Waals surface area contributed by atoms with Crippen molar-refractivity contribution in [1.82, 2.24) is 9.62 Å².